The minimum atomic E-state index is -0.712. The van der Waals surface area contributed by atoms with Crippen LogP contribution in [0.2, 0.25) is 20.1 Å². The number of Topliss-reactive ketones (excluding diaryl/α,β-unsaturated/α-hetero) is 1. The second kappa shape index (κ2) is 8.70. The average molecular weight is 461 g/mol. The van der Waals surface area contributed by atoms with Crippen molar-refractivity contribution in [2.24, 2.45) is 5.92 Å². The first-order chi connectivity index (χ1) is 13.3. The summed E-state index contributed by atoms with van der Waals surface area (Å²) < 4.78 is 5.10. The predicted molar refractivity (Wildman–Crippen MR) is 109 cm³/mol. The number of benzene rings is 2. The number of ether oxygens (including phenoxy) is 1. The molecule has 1 saturated heterocycles. The zero-order valence-corrected chi connectivity index (χ0v) is 17.3. The van der Waals surface area contributed by atoms with E-state index in [1.165, 1.54) is 23.1 Å². The summed E-state index contributed by atoms with van der Waals surface area (Å²) in [7, 11) is 0. The van der Waals surface area contributed by atoms with Crippen LogP contribution >= 0.6 is 46.4 Å². The molecule has 1 aliphatic heterocycles. The summed E-state index contributed by atoms with van der Waals surface area (Å²) in [6.45, 7) is -0.392. The lowest BCUT2D eigenvalue weighted by molar-refractivity contribution is -0.147. The van der Waals surface area contributed by atoms with E-state index in [-0.39, 0.29) is 34.5 Å². The molecule has 1 aliphatic rings. The van der Waals surface area contributed by atoms with Crippen molar-refractivity contribution in [1.29, 1.82) is 0 Å². The molecular weight excluding hydrogens is 448 g/mol. The maximum Gasteiger partial charge on any atom is 0.311 e. The van der Waals surface area contributed by atoms with Crippen molar-refractivity contribution in [3.63, 3.8) is 0 Å². The lowest BCUT2D eigenvalue weighted by Crippen LogP contribution is -2.27. The zero-order valence-electron chi connectivity index (χ0n) is 14.3. The van der Waals surface area contributed by atoms with Gasteiger partial charge in [-0.25, -0.2) is 0 Å². The van der Waals surface area contributed by atoms with E-state index in [4.69, 9.17) is 51.1 Å². The maximum atomic E-state index is 12.3. The number of hydrogen-bond acceptors (Lipinski definition) is 4. The van der Waals surface area contributed by atoms with Gasteiger partial charge in [-0.2, -0.15) is 0 Å². The van der Waals surface area contributed by atoms with Gasteiger partial charge in [0.2, 0.25) is 11.7 Å². The van der Waals surface area contributed by atoms with Crippen molar-refractivity contribution in [3.05, 3.63) is 62.1 Å². The van der Waals surface area contributed by atoms with E-state index < -0.39 is 24.3 Å². The van der Waals surface area contributed by atoms with Crippen LogP contribution in [0.3, 0.4) is 0 Å². The molecule has 9 heteroatoms. The highest BCUT2D eigenvalue weighted by Crippen LogP contribution is 2.36. The summed E-state index contributed by atoms with van der Waals surface area (Å²) in [5.74, 6) is -2.10. The summed E-state index contributed by atoms with van der Waals surface area (Å²) in [6, 6.07) is 9.32. The van der Waals surface area contributed by atoms with Crippen molar-refractivity contribution in [3.8, 4) is 0 Å². The van der Waals surface area contributed by atoms with Crippen LogP contribution in [0.5, 0.6) is 0 Å². The third-order valence-corrected chi connectivity index (χ3v) is 5.61. The van der Waals surface area contributed by atoms with E-state index in [0.717, 1.165) is 0 Å². The molecule has 0 saturated carbocycles. The number of carbonyl (C=O) groups is 3. The highest BCUT2D eigenvalue weighted by Gasteiger charge is 2.37. The van der Waals surface area contributed by atoms with Crippen molar-refractivity contribution in [2.75, 3.05) is 18.1 Å². The first-order valence-electron chi connectivity index (χ1n) is 8.17. The van der Waals surface area contributed by atoms with Gasteiger partial charge in [-0.05, 0) is 30.3 Å². The van der Waals surface area contributed by atoms with Crippen LogP contribution in [0.25, 0.3) is 0 Å². The number of anilines is 1. The third kappa shape index (κ3) is 4.44. The van der Waals surface area contributed by atoms with Gasteiger partial charge < -0.3 is 9.64 Å². The van der Waals surface area contributed by atoms with Crippen LogP contribution in [0.15, 0.2) is 36.4 Å². The average Bonchev–Trinajstić information content (AvgIpc) is 3.03. The number of ketones is 1. The molecule has 28 heavy (non-hydrogen) atoms. The largest absolute Gasteiger partial charge is 0.457 e. The molecule has 0 radical (unpaired) electrons. The van der Waals surface area contributed by atoms with Crippen LogP contribution in [0.1, 0.15) is 16.8 Å². The first kappa shape index (κ1) is 20.9. The Kier molecular flexibility index (Phi) is 6.50. The standard InChI is InChI=1S/C19H13Cl4NO4/c20-11-4-5-12(14(22)7-11)16(25)9-28-19(27)10-6-17(26)24(8-10)15-3-1-2-13(21)18(15)23/h1-5,7,10H,6,8-9H2/t10-/m1/s1. The Bertz CT molecular complexity index is 963. The van der Waals surface area contributed by atoms with Crippen LogP contribution in [-0.4, -0.2) is 30.8 Å². The first-order valence-corrected chi connectivity index (χ1v) is 9.68. The Hall–Kier alpha value is -1.79. The molecular formula is C19H13Cl4NO4. The topological polar surface area (TPSA) is 63.7 Å². The van der Waals surface area contributed by atoms with Crippen molar-refractivity contribution in [2.45, 2.75) is 6.42 Å². The second-order valence-corrected chi connectivity index (χ2v) is 7.76. The molecule has 0 N–H and O–H groups in total. The van der Waals surface area contributed by atoms with Gasteiger partial charge in [0, 0.05) is 23.6 Å². The number of amides is 1. The Morgan fingerprint density at radius 3 is 2.54 bits per heavy atom. The van der Waals surface area contributed by atoms with Gasteiger partial charge in [0.05, 0.1) is 26.7 Å². The van der Waals surface area contributed by atoms with Gasteiger partial charge in [-0.15, -0.1) is 0 Å². The van der Waals surface area contributed by atoms with Crippen LogP contribution in [0.4, 0.5) is 5.69 Å². The number of halogens is 4. The summed E-state index contributed by atoms with van der Waals surface area (Å²) in [6.07, 6.45) is -0.0441. The Labute approximate surface area is 181 Å². The highest BCUT2D eigenvalue weighted by molar-refractivity contribution is 6.44. The number of hydrogen-bond donors (Lipinski definition) is 0. The number of esters is 1. The van der Waals surface area contributed by atoms with Gasteiger partial charge in [-0.3, -0.25) is 14.4 Å². The molecule has 5 nitrogen and oxygen atoms in total. The number of carbonyl (C=O) groups excluding carboxylic acids is 3. The SMILES string of the molecule is O=C(COC(=O)[C@@H]1CC(=O)N(c2cccc(Cl)c2Cl)C1)c1ccc(Cl)cc1Cl. The number of nitrogens with zero attached hydrogens (tertiary/aromatic N) is 1. The van der Waals surface area contributed by atoms with E-state index in [2.05, 4.69) is 0 Å². The van der Waals surface area contributed by atoms with Crippen LogP contribution < -0.4 is 4.90 Å². The van der Waals surface area contributed by atoms with Gasteiger partial charge in [0.15, 0.2) is 6.61 Å². The zero-order chi connectivity index (χ0) is 20.4. The van der Waals surface area contributed by atoms with Gasteiger partial charge in [0.1, 0.15) is 0 Å². The normalized spacial score (nSPS) is 16.4. The fourth-order valence-corrected chi connectivity index (χ4v) is 3.76. The Morgan fingerprint density at radius 2 is 1.82 bits per heavy atom. The van der Waals surface area contributed by atoms with Crippen molar-refractivity contribution in [1.82, 2.24) is 0 Å². The molecule has 3 rings (SSSR count). The third-order valence-electron chi connectivity index (χ3n) is 4.26. The molecule has 2 aromatic carbocycles. The number of rotatable bonds is 5. The highest BCUT2D eigenvalue weighted by atomic mass is 35.5. The molecule has 2 aromatic rings. The van der Waals surface area contributed by atoms with Crippen molar-refractivity contribution >= 4 is 69.8 Å². The lowest BCUT2D eigenvalue weighted by Gasteiger charge is -2.18. The van der Waals surface area contributed by atoms with E-state index in [1.807, 2.05) is 0 Å². The summed E-state index contributed by atoms with van der Waals surface area (Å²) in [4.78, 5) is 38.2. The van der Waals surface area contributed by atoms with Crippen LogP contribution in [0, 0.1) is 5.92 Å². The monoisotopic (exact) mass is 459 g/mol. The Balaban J connectivity index is 1.63. The minimum Gasteiger partial charge on any atom is -0.457 e. The Morgan fingerprint density at radius 1 is 1.07 bits per heavy atom. The van der Waals surface area contributed by atoms with Gasteiger partial charge in [0.25, 0.3) is 0 Å². The quantitative estimate of drug-likeness (QED) is 0.461. The molecule has 1 heterocycles. The molecule has 0 spiro atoms. The molecule has 0 aromatic heterocycles. The lowest BCUT2D eigenvalue weighted by atomic mass is 10.1. The smallest absolute Gasteiger partial charge is 0.311 e. The summed E-state index contributed by atoms with van der Waals surface area (Å²) >= 11 is 23.9. The summed E-state index contributed by atoms with van der Waals surface area (Å²) in [5, 5.41) is 1.11. The molecule has 1 amide bonds. The summed E-state index contributed by atoms with van der Waals surface area (Å²) in [5.41, 5.74) is 0.632. The molecule has 1 fully saturated rings. The van der Waals surface area contributed by atoms with Crippen molar-refractivity contribution < 1.29 is 19.1 Å². The van der Waals surface area contributed by atoms with Gasteiger partial charge in [-0.1, -0.05) is 52.5 Å². The fourth-order valence-electron chi connectivity index (χ4n) is 2.85. The van der Waals surface area contributed by atoms with E-state index in [0.29, 0.717) is 15.7 Å². The molecule has 0 bridgehead atoms. The molecule has 1 atom stereocenters. The molecule has 0 aliphatic carbocycles. The predicted octanol–water partition coefficient (Wildman–Crippen LogP) is 5.08. The van der Waals surface area contributed by atoms with Gasteiger partial charge >= 0.3 is 5.97 Å². The maximum absolute atomic E-state index is 12.3. The van der Waals surface area contributed by atoms with E-state index in [9.17, 15) is 14.4 Å². The second-order valence-electron chi connectivity index (χ2n) is 6.13. The van der Waals surface area contributed by atoms with Crippen LogP contribution in [-0.2, 0) is 14.3 Å². The molecule has 0 unspecified atom stereocenters. The minimum absolute atomic E-state index is 0.0441. The fraction of sp³-hybridized carbons (Fsp3) is 0.211. The van der Waals surface area contributed by atoms with E-state index in [1.54, 1.807) is 18.2 Å². The van der Waals surface area contributed by atoms with E-state index >= 15 is 0 Å². The molecule has 146 valence electrons.